The second kappa shape index (κ2) is 9.03. The monoisotopic (exact) mass is 456 g/mol. The maximum atomic E-state index is 13.5. The van der Waals surface area contributed by atoms with Gasteiger partial charge >= 0.3 is 0 Å². The fourth-order valence-electron chi connectivity index (χ4n) is 4.08. The topological polar surface area (TPSA) is 58.4 Å². The molecule has 0 radical (unpaired) electrons. The maximum absolute atomic E-state index is 13.5. The van der Waals surface area contributed by atoms with Crippen molar-refractivity contribution in [3.05, 3.63) is 89.4 Å². The number of piperazine rings is 1. The van der Waals surface area contributed by atoms with Crippen LogP contribution in [0.2, 0.25) is 0 Å². The first kappa shape index (κ1) is 21.2. The first-order valence-corrected chi connectivity index (χ1v) is 11.8. The third kappa shape index (κ3) is 4.32. The van der Waals surface area contributed by atoms with Crippen LogP contribution in [0.25, 0.3) is 16.3 Å². The number of para-hydroxylation sites is 1. The Morgan fingerprint density at radius 1 is 0.848 bits per heavy atom. The van der Waals surface area contributed by atoms with Crippen molar-refractivity contribution in [2.75, 3.05) is 31.1 Å². The highest BCUT2D eigenvalue weighted by Crippen LogP contribution is 2.29. The van der Waals surface area contributed by atoms with E-state index in [2.05, 4.69) is 4.90 Å². The quantitative estimate of drug-likeness (QED) is 0.406. The normalized spacial score (nSPS) is 13.8. The van der Waals surface area contributed by atoms with Crippen molar-refractivity contribution in [2.24, 2.45) is 0 Å². The van der Waals surface area contributed by atoms with E-state index in [0.29, 0.717) is 24.2 Å². The number of thiophene rings is 1. The van der Waals surface area contributed by atoms with Crippen LogP contribution in [0, 0.1) is 0 Å². The van der Waals surface area contributed by atoms with Crippen LogP contribution in [-0.2, 0) is 0 Å². The molecule has 2 aromatic heterocycles. The molecule has 6 nitrogen and oxygen atoms in total. The van der Waals surface area contributed by atoms with E-state index in [4.69, 9.17) is 5.10 Å². The molecule has 4 aromatic rings. The van der Waals surface area contributed by atoms with E-state index < -0.39 is 0 Å². The van der Waals surface area contributed by atoms with Crippen molar-refractivity contribution >= 4 is 28.7 Å². The highest BCUT2D eigenvalue weighted by molar-refractivity contribution is 7.13. The summed E-state index contributed by atoms with van der Waals surface area (Å²) in [5, 5.41) is 6.77. The third-order valence-corrected chi connectivity index (χ3v) is 6.80. The van der Waals surface area contributed by atoms with Gasteiger partial charge in [-0.25, -0.2) is 4.68 Å². The van der Waals surface area contributed by atoms with Gasteiger partial charge in [0.1, 0.15) is 5.69 Å². The van der Waals surface area contributed by atoms with Crippen molar-refractivity contribution in [2.45, 2.75) is 6.92 Å². The summed E-state index contributed by atoms with van der Waals surface area (Å²) in [6, 6.07) is 21.5. The molecule has 0 spiro atoms. The van der Waals surface area contributed by atoms with Gasteiger partial charge in [0, 0.05) is 43.6 Å². The smallest absolute Gasteiger partial charge is 0.257 e. The van der Waals surface area contributed by atoms with Gasteiger partial charge in [-0.05, 0) is 54.8 Å². The number of rotatable bonds is 5. The second-order valence-corrected chi connectivity index (χ2v) is 8.98. The molecule has 1 amide bonds. The van der Waals surface area contributed by atoms with Gasteiger partial charge in [-0.3, -0.25) is 9.59 Å². The van der Waals surface area contributed by atoms with E-state index in [1.165, 1.54) is 0 Å². The van der Waals surface area contributed by atoms with Gasteiger partial charge in [-0.1, -0.05) is 24.3 Å². The molecular weight excluding hydrogens is 432 g/mol. The van der Waals surface area contributed by atoms with Crippen LogP contribution in [0.15, 0.2) is 78.3 Å². The number of Topliss-reactive ketones (excluding diaryl/α,β-unsaturated/α-hetero) is 1. The Labute approximate surface area is 196 Å². The summed E-state index contributed by atoms with van der Waals surface area (Å²) in [7, 11) is 0. The summed E-state index contributed by atoms with van der Waals surface area (Å²) in [6.45, 7) is 4.32. The predicted octanol–water partition coefficient (Wildman–Crippen LogP) is 4.77. The van der Waals surface area contributed by atoms with Crippen LogP contribution >= 0.6 is 11.3 Å². The SMILES string of the molecule is CC(=O)c1ccc(N2CCN(C(=O)c3cn(-c4ccccc4)nc3-c3cccs3)CC2)cc1. The highest BCUT2D eigenvalue weighted by Gasteiger charge is 2.27. The largest absolute Gasteiger partial charge is 0.368 e. The van der Waals surface area contributed by atoms with Crippen LogP contribution in [0.3, 0.4) is 0 Å². The van der Waals surface area contributed by atoms with Gasteiger partial charge in [0.2, 0.25) is 0 Å². The Hall–Kier alpha value is -3.71. The maximum Gasteiger partial charge on any atom is 0.257 e. The zero-order valence-electron chi connectivity index (χ0n) is 18.3. The third-order valence-electron chi connectivity index (χ3n) is 5.93. The number of carbonyl (C=O) groups excluding carboxylic acids is 2. The lowest BCUT2D eigenvalue weighted by atomic mass is 10.1. The van der Waals surface area contributed by atoms with Gasteiger partial charge in [-0.15, -0.1) is 11.3 Å². The van der Waals surface area contributed by atoms with Gasteiger partial charge in [0.05, 0.1) is 16.1 Å². The summed E-state index contributed by atoms with van der Waals surface area (Å²) in [5.41, 5.74) is 4.06. The van der Waals surface area contributed by atoms with E-state index in [1.807, 2.05) is 83.2 Å². The molecule has 166 valence electrons. The van der Waals surface area contributed by atoms with Crippen molar-refractivity contribution < 1.29 is 9.59 Å². The molecule has 0 bridgehead atoms. The summed E-state index contributed by atoms with van der Waals surface area (Å²) in [5.74, 6) is 0.0710. The average molecular weight is 457 g/mol. The fourth-order valence-corrected chi connectivity index (χ4v) is 4.81. The number of hydrogen-bond donors (Lipinski definition) is 0. The molecule has 3 heterocycles. The van der Waals surface area contributed by atoms with Crippen molar-refractivity contribution in [1.82, 2.24) is 14.7 Å². The summed E-state index contributed by atoms with van der Waals surface area (Å²) in [4.78, 5) is 30.2. The molecule has 0 unspecified atom stereocenters. The average Bonchev–Trinajstić information content (AvgIpc) is 3.55. The number of ketones is 1. The molecule has 1 saturated heterocycles. The van der Waals surface area contributed by atoms with Crippen molar-refractivity contribution in [1.29, 1.82) is 0 Å². The zero-order valence-corrected chi connectivity index (χ0v) is 19.2. The number of carbonyl (C=O) groups is 2. The second-order valence-electron chi connectivity index (χ2n) is 8.03. The van der Waals surface area contributed by atoms with Crippen molar-refractivity contribution in [3.63, 3.8) is 0 Å². The Bertz CT molecular complexity index is 1260. The molecule has 33 heavy (non-hydrogen) atoms. The molecule has 1 fully saturated rings. The number of hydrogen-bond acceptors (Lipinski definition) is 5. The fraction of sp³-hybridized carbons (Fsp3) is 0.192. The molecule has 7 heteroatoms. The molecular formula is C26H24N4O2S. The first-order valence-electron chi connectivity index (χ1n) is 10.9. The van der Waals surface area contributed by atoms with E-state index in [0.717, 1.165) is 35.0 Å². The Kier molecular flexibility index (Phi) is 5.79. The number of nitrogens with zero attached hydrogens (tertiary/aromatic N) is 4. The minimum absolute atomic E-state index is 0.00663. The van der Waals surface area contributed by atoms with Crippen LogP contribution < -0.4 is 4.90 Å². The van der Waals surface area contributed by atoms with Gasteiger partial charge in [-0.2, -0.15) is 5.10 Å². The number of anilines is 1. The first-order chi connectivity index (χ1) is 16.1. The molecule has 1 aliphatic heterocycles. The van der Waals surface area contributed by atoms with E-state index in [-0.39, 0.29) is 11.7 Å². The summed E-state index contributed by atoms with van der Waals surface area (Å²) in [6.07, 6.45) is 1.85. The number of benzene rings is 2. The molecule has 0 N–H and O–H groups in total. The van der Waals surface area contributed by atoms with Crippen LogP contribution in [0.5, 0.6) is 0 Å². The Morgan fingerprint density at radius 2 is 1.58 bits per heavy atom. The lowest BCUT2D eigenvalue weighted by Gasteiger charge is -2.36. The zero-order chi connectivity index (χ0) is 22.8. The van der Waals surface area contributed by atoms with E-state index in [9.17, 15) is 9.59 Å². The molecule has 0 atom stereocenters. The Morgan fingerprint density at radius 3 is 2.21 bits per heavy atom. The van der Waals surface area contributed by atoms with Gasteiger partial charge in [0.15, 0.2) is 5.78 Å². The van der Waals surface area contributed by atoms with E-state index in [1.54, 1.807) is 22.9 Å². The number of amides is 1. The minimum atomic E-state index is 0.00663. The number of aromatic nitrogens is 2. The summed E-state index contributed by atoms with van der Waals surface area (Å²) < 4.78 is 1.79. The van der Waals surface area contributed by atoms with Gasteiger partial charge in [0.25, 0.3) is 5.91 Å². The Balaban J connectivity index is 1.35. The molecule has 1 aliphatic rings. The van der Waals surface area contributed by atoms with Crippen LogP contribution in [0.4, 0.5) is 5.69 Å². The molecule has 0 aliphatic carbocycles. The standard InChI is InChI=1S/C26H24N4O2S/c1-19(31)20-9-11-21(12-10-20)28-13-15-29(16-14-28)26(32)23-18-30(22-6-3-2-4-7-22)27-25(23)24-8-5-17-33-24/h2-12,17-18H,13-16H2,1H3. The van der Waals surface area contributed by atoms with Crippen molar-refractivity contribution in [3.8, 4) is 16.3 Å². The van der Waals surface area contributed by atoms with E-state index >= 15 is 0 Å². The molecule has 2 aromatic carbocycles. The van der Waals surface area contributed by atoms with Crippen LogP contribution in [0.1, 0.15) is 27.6 Å². The minimum Gasteiger partial charge on any atom is -0.368 e. The van der Waals surface area contributed by atoms with Gasteiger partial charge < -0.3 is 9.80 Å². The predicted molar refractivity (Wildman–Crippen MR) is 131 cm³/mol. The lowest BCUT2D eigenvalue weighted by molar-refractivity contribution is 0.0747. The highest BCUT2D eigenvalue weighted by atomic mass is 32.1. The molecule has 0 saturated carbocycles. The summed E-state index contributed by atoms with van der Waals surface area (Å²) >= 11 is 1.58. The van der Waals surface area contributed by atoms with Crippen LogP contribution in [-0.4, -0.2) is 52.5 Å². The lowest BCUT2D eigenvalue weighted by Crippen LogP contribution is -2.48. The molecule has 5 rings (SSSR count).